The van der Waals surface area contributed by atoms with Crippen LogP contribution in [0.4, 0.5) is 0 Å². The Kier molecular flexibility index (Phi) is 3.34. The maximum absolute atomic E-state index is 11.9. The molecule has 0 atom stereocenters. The molecule has 0 spiro atoms. The number of aromatic nitrogens is 2. The third kappa shape index (κ3) is 2.68. The molecule has 0 aliphatic heterocycles. The maximum atomic E-state index is 11.9. The molecule has 18 heavy (non-hydrogen) atoms. The first-order valence-electron chi connectivity index (χ1n) is 5.85. The van der Waals surface area contributed by atoms with Crippen molar-refractivity contribution in [3.05, 3.63) is 30.1 Å². The molecule has 0 saturated heterocycles. The summed E-state index contributed by atoms with van der Waals surface area (Å²) in [5.41, 5.74) is 1.09. The number of aliphatic hydroxyl groups excluding tert-OH is 1. The van der Waals surface area contributed by atoms with Gasteiger partial charge in [-0.15, -0.1) is 0 Å². The lowest BCUT2D eigenvalue weighted by Gasteiger charge is -2.23. The average Bonchev–Trinajstić information content (AvgIpc) is 2.72. The van der Waals surface area contributed by atoms with Crippen molar-refractivity contribution < 1.29 is 9.90 Å². The quantitative estimate of drug-likeness (QED) is 0.754. The Bertz CT molecular complexity index is 560. The number of fused-ring (bicyclic) bond motifs is 1. The van der Waals surface area contributed by atoms with E-state index in [0.717, 1.165) is 16.6 Å². The van der Waals surface area contributed by atoms with Crippen molar-refractivity contribution in [2.24, 2.45) is 0 Å². The van der Waals surface area contributed by atoms with Crippen LogP contribution in [-0.4, -0.2) is 33.1 Å². The highest BCUT2D eigenvalue weighted by molar-refractivity contribution is 5.87. The first kappa shape index (κ1) is 12.6. The fourth-order valence-corrected chi connectivity index (χ4v) is 1.79. The zero-order chi connectivity index (χ0) is 13.2. The van der Waals surface area contributed by atoms with Crippen LogP contribution in [-0.2, 0) is 11.2 Å². The zero-order valence-electron chi connectivity index (χ0n) is 10.5. The fraction of sp³-hybridized carbons (Fsp3) is 0.385. The number of aromatic amines is 1. The predicted octanol–water partition coefficient (Wildman–Crippen LogP) is 0.992. The molecule has 0 aliphatic carbocycles. The first-order valence-corrected chi connectivity index (χ1v) is 5.85. The second-order valence-electron chi connectivity index (χ2n) is 4.98. The Morgan fingerprint density at radius 1 is 1.56 bits per heavy atom. The number of hydrogen-bond acceptors (Lipinski definition) is 3. The molecule has 0 aromatic carbocycles. The summed E-state index contributed by atoms with van der Waals surface area (Å²) in [6, 6.07) is 3.77. The van der Waals surface area contributed by atoms with Gasteiger partial charge in [0.2, 0.25) is 5.91 Å². The lowest BCUT2D eigenvalue weighted by Crippen LogP contribution is -2.46. The molecule has 0 bridgehead atoms. The minimum absolute atomic E-state index is 0.0891. The van der Waals surface area contributed by atoms with E-state index < -0.39 is 5.54 Å². The maximum Gasteiger partial charge on any atom is 0.224 e. The van der Waals surface area contributed by atoms with Gasteiger partial charge in [-0.2, -0.15) is 0 Å². The van der Waals surface area contributed by atoms with E-state index in [1.165, 1.54) is 0 Å². The summed E-state index contributed by atoms with van der Waals surface area (Å²) in [6.45, 7) is 3.47. The van der Waals surface area contributed by atoms with Gasteiger partial charge in [0.15, 0.2) is 0 Å². The molecule has 3 N–H and O–H groups in total. The number of rotatable bonds is 4. The summed E-state index contributed by atoms with van der Waals surface area (Å²) in [5, 5.41) is 12.8. The fourth-order valence-electron chi connectivity index (χ4n) is 1.79. The molecule has 2 rings (SSSR count). The lowest BCUT2D eigenvalue weighted by atomic mass is 10.1. The Morgan fingerprint density at radius 2 is 2.33 bits per heavy atom. The van der Waals surface area contributed by atoms with Gasteiger partial charge in [-0.05, 0) is 31.5 Å². The monoisotopic (exact) mass is 247 g/mol. The van der Waals surface area contributed by atoms with Crippen molar-refractivity contribution in [3.8, 4) is 0 Å². The minimum Gasteiger partial charge on any atom is -0.394 e. The predicted molar refractivity (Wildman–Crippen MR) is 69.1 cm³/mol. The van der Waals surface area contributed by atoms with E-state index >= 15 is 0 Å². The Balaban J connectivity index is 2.12. The highest BCUT2D eigenvalue weighted by Gasteiger charge is 2.19. The van der Waals surface area contributed by atoms with Crippen molar-refractivity contribution in [1.82, 2.24) is 15.3 Å². The summed E-state index contributed by atoms with van der Waals surface area (Å²) in [7, 11) is 0. The first-order chi connectivity index (χ1) is 8.52. The summed E-state index contributed by atoms with van der Waals surface area (Å²) in [5.74, 6) is -0.112. The van der Waals surface area contributed by atoms with E-state index in [-0.39, 0.29) is 18.9 Å². The average molecular weight is 247 g/mol. The van der Waals surface area contributed by atoms with Crippen molar-refractivity contribution in [3.63, 3.8) is 0 Å². The molecule has 5 heteroatoms. The normalized spacial score (nSPS) is 11.7. The Morgan fingerprint density at radius 3 is 3.06 bits per heavy atom. The highest BCUT2D eigenvalue weighted by Crippen LogP contribution is 2.16. The number of carbonyl (C=O) groups is 1. The van der Waals surface area contributed by atoms with Gasteiger partial charge in [-0.3, -0.25) is 4.79 Å². The number of H-pyrrole nitrogens is 1. The Hall–Kier alpha value is -1.88. The van der Waals surface area contributed by atoms with Gasteiger partial charge in [0, 0.05) is 17.8 Å². The molecule has 0 fully saturated rings. The van der Waals surface area contributed by atoms with Gasteiger partial charge in [-0.25, -0.2) is 4.98 Å². The van der Waals surface area contributed by atoms with E-state index in [2.05, 4.69) is 15.3 Å². The van der Waals surface area contributed by atoms with Crippen LogP contribution < -0.4 is 5.32 Å². The largest absolute Gasteiger partial charge is 0.394 e. The SMILES string of the molecule is CC(C)(CO)NC(=O)Cc1c[nH]c2ncccc12. The molecule has 96 valence electrons. The van der Waals surface area contributed by atoms with Crippen LogP contribution in [0.5, 0.6) is 0 Å². The Labute approximate surface area is 105 Å². The summed E-state index contributed by atoms with van der Waals surface area (Å²) in [6.07, 6.45) is 3.77. The van der Waals surface area contributed by atoms with Gasteiger partial charge >= 0.3 is 0 Å². The van der Waals surface area contributed by atoms with E-state index in [0.29, 0.717) is 0 Å². The third-order valence-corrected chi connectivity index (χ3v) is 2.76. The second kappa shape index (κ2) is 4.78. The topological polar surface area (TPSA) is 78.0 Å². The molecule has 0 saturated carbocycles. The van der Waals surface area contributed by atoms with E-state index in [4.69, 9.17) is 5.11 Å². The van der Waals surface area contributed by atoms with Crippen LogP contribution in [0.2, 0.25) is 0 Å². The lowest BCUT2D eigenvalue weighted by molar-refractivity contribution is -0.122. The van der Waals surface area contributed by atoms with E-state index in [9.17, 15) is 4.79 Å². The van der Waals surface area contributed by atoms with Crippen LogP contribution in [0.1, 0.15) is 19.4 Å². The van der Waals surface area contributed by atoms with Crippen LogP contribution in [0.3, 0.4) is 0 Å². The van der Waals surface area contributed by atoms with Gasteiger partial charge < -0.3 is 15.4 Å². The van der Waals surface area contributed by atoms with Crippen molar-refractivity contribution in [1.29, 1.82) is 0 Å². The van der Waals surface area contributed by atoms with Gasteiger partial charge in [-0.1, -0.05) is 0 Å². The smallest absolute Gasteiger partial charge is 0.224 e. The molecule has 1 amide bonds. The molecule has 0 aliphatic rings. The zero-order valence-corrected chi connectivity index (χ0v) is 10.5. The number of pyridine rings is 1. The number of carbonyl (C=O) groups excluding carboxylic acids is 1. The molecular weight excluding hydrogens is 230 g/mol. The van der Waals surface area contributed by atoms with Crippen molar-refractivity contribution >= 4 is 16.9 Å². The van der Waals surface area contributed by atoms with E-state index in [1.807, 2.05) is 12.1 Å². The van der Waals surface area contributed by atoms with Crippen molar-refractivity contribution in [2.45, 2.75) is 25.8 Å². The van der Waals surface area contributed by atoms with Gasteiger partial charge in [0.1, 0.15) is 5.65 Å². The molecular formula is C13H17N3O2. The summed E-state index contributed by atoms with van der Waals surface area (Å²) >= 11 is 0. The molecule has 0 radical (unpaired) electrons. The molecule has 5 nitrogen and oxygen atoms in total. The van der Waals surface area contributed by atoms with Crippen LogP contribution in [0.25, 0.3) is 11.0 Å². The summed E-state index contributed by atoms with van der Waals surface area (Å²) < 4.78 is 0. The second-order valence-corrected chi connectivity index (χ2v) is 4.98. The number of nitrogens with one attached hydrogen (secondary N) is 2. The molecule has 2 heterocycles. The number of amides is 1. The highest BCUT2D eigenvalue weighted by atomic mass is 16.3. The standard InChI is InChI=1S/C13H17N3O2/c1-13(2,8-17)16-11(18)6-9-7-15-12-10(9)4-3-5-14-12/h3-5,7,17H,6,8H2,1-2H3,(H,14,15)(H,16,18). The third-order valence-electron chi connectivity index (χ3n) is 2.76. The van der Waals surface area contributed by atoms with Gasteiger partial charge in [0.05, 0.1) is 18.6 Å². The van der Waals surface area contributed by atoms with Crippen LogP contribution >= 0.6 is 0 Å². The number of nitrogens with zero attached hydrogens (tertiary/aromatic N) is 1. The van der Waals surface area contributed by atoms with Gasteiger partial charge in [0.25, 0.3) is 0 Å². The molecule has 2 aromatic heterocycles. The van der Waals surface area contributed by atoms with E-state index in [1.54, 1.807) is 26.2 Å². The summed E-state index contributed by atoms with van der Waals surface area (Å²) in [4.78, 5) is 19.1. The molecule has 2 aromatic rings. The number of aliphatic hydroxyl groups is 1. The van der Waals surface area contributed by atoms with Crippen LogP contribution in [0, 0.1) is 0 Å². The minimum atomic E-state index is -0.596. The van der Waals surface area contributed by atoms with Crippen LogP contribution in [0.15, 0.2) is 24.5 Å². The molecule has 0 unspecified atom stereocenters. The number of hydrogen-bond donors (Lipinski definition) is 3. The van der Waals surface area contributed by atoms with Crippen molar-refractivity contribution in [2.75, 3.05) is 6.61 Å².